The third-order valence-electron chi connectivity index (χ3n) is 6.75. The van der Waals surface area contributed by atoms with Crippen LogP contribution in [0.2, 0.25) is 0 Å². The van der Waals surface area contributed by atoms with E-state index in [4.69, 9.17) is 9.47 Å². The van der Waals surface area contributed by atoms with Gasteiger partial charge in [0.25, 0.3) is 5.91 Å². The molecule has 35 heavy (non-hydrogen) atoms. The van der Waals surface area contributed by atoms with Gasteiger partial charge < -0.3 is 19.4 Å². The molecule has 1 unspecified atom stereocenters. The second-order valence-electron chi connectivity index (χ2n) is 9.34. The maximum Gasteiger partial charge on any atom is 0.254 e. The Morgan fingerprint density at radius 2 is 1.94 bits per heavy atom. The van der Waals surface area contributed by atoms with Crippen molar-refractivity contribution < 1.29 is 14.3 Å². The van der Waals surface area contributed by atoms with Crippen molar-refractivity contribution in [1.29, 1.82) is 0 Å². The van der Waals surface area contributed by atoms with E-state index in [0.717, 1.165) is 53.1 Å². The van der Waals surface area contributed by atoms with E-state index in [0.29, 0.717) is 31.2 Å². The molecular weight excluding hydrogens is 438 g/mol. The third kappa shape index (κ3) is 5.38. The molecule has 0 aliphatic carbocycles. The Labute approximate surface area is 205 Å². The van der Waals surface area contributed by atoms with E-state index < -0.39 is 0 Å². The van der Waals surface area contributed by atoms with E-state index in [1.807, 2.05) is 65.7 Å². The molecule has 1 amide bonds. The molecule has 1 saturated heterocycles. The molecule has 0 spiro atoms. The first kappa shape index (κ1) is 23.1. The number of benzene rings is 2. The summed E-state index contributed by atoms with van der Waals surface area (Å²) in [5, 5.41) is 1.09. The van der Waals surface area contributed by atoms with Gasteiger partial charge >= 0.3 is 0 Å². The van der Waals surface area contributed by atoms with Gasteiger partial charge in [-0.3, -0.25) is 9.78 Å². The van der Waals surface area contributed by atoms with Crippen molar-refractivity contribution in [1.82, 2.24) is 14.9 Å². The summed E-state index contributed by atoms with van der Waals surface area (Å²) in [6.07, 6.45) is 4.61. The van der Waals surface area contributed by atoms with Crippen molar-refractivity contribution in [3.05, 3.63) is 94.9 Å². The van der Waals surface area contributed by atoms with Crippen molar-refractivity contribution in [3.8, 4) is 5.75 Å². The lowest BCUT2D eigenvalue weighted by Gasteiger charge is -2.23. The van der Waals surface area contributed by atoms with Gasteiger partial charge in [-0.05, 0) is 73.4 Å². The molecule has 6 nitrogen and oxygen atoms in total. The topological polar surface area (TPSA) is 67.5 Å². The van der Waals surface area contributed by atoms with E-state index >= 15 is 0 Å². The molecule has 180 valence electrons. The number of fused-ring (bicyclic) bond motifs is 1. The first-order valence-corrected chi connectivity index (χ1v) is 12.1. The minimum atomic E-state index is -0.00411. The summed E-state index contributed by atoms with van der Waals surface area (Å²) >= 11 is 0. The number of carbonyl (C=O) groups is 1. The van der Waals surface area contributed by atoms with Crippen LogP contribution in [0.1, 0.15) is 39.2 Å². The Balaban J connectivity index is 1.35. The molecule has 6 heteroatoms. The SMILES string of the molecule is Cc1[nH]c2ccc(C(=O)N(Cc3ccc(OCC4CCOC4)cc3)Cc3cccnc3)cc2c1C. The summed E-state index contributed by atoms with van der Waals surface area (Å²) in [6, 6.07) is 17.8. The van der Waals surface area contributed by atoms with Gasteiger partial charge in [-0.25, -0.2) is 0 Å². The van der Waals surface area contributed by atoms with Gasteiger partial charge in [-0.1, -0.05) is 18.2 Å². The fraction of sp³-hybridized carbons (Fsp3) is 0.310. The fourth-order valence-electron chi connectivity index (χ4n) is 4.53. The molecule has 1 N–H and O–H groups in total. The van der Waals surface area contributed by atoms with Crippen molar-refractivity contribution in [2.75, 3.05) is 19.8 Å². The van der Waals surface area contributed by atoms with Crippen LogP contribution in [0.4, 0.5) is 0 Å². The summed E-state index contributed by atoms with van der Waals surface area (Å²) in [5.41, 5.74) is 6.08. The number of H-pyrrole nitrogens is 1. The molecule has 4 aromatic rings. The van der Waals surface area contributed by atoms with E-state index in [2.05, 4.69) is 23.8 Å². The molecule has 2 aromatic carbocycles. The predicted molar refractivity (Wildman–Crippen MR) is 136 cm³/mol. The quantitative estimate of drug-likeness (QED) is 0.373. The highest BCUT2D eigenvalue weighted by Crippen LogP contribution is 2.24. The smallest absolute Gasteiger partial charge is 0.254 e. The first-order valence-electron chi connectivity index (χ1n) is 12.1. The number of carbonyl (C=O) groups excluding carboxylic acids is 1. The van der Waals surface area contributed by atoms with Crippen LogP contribution in [0.5, 0.6) is 5.75 Å². The highest BCUT2D eigenvalue weighted by Gasteiger charge is 2.19. The summed E-state index contributed by atoms with van der Waals surface area (Å²) in [7, 11) is 0. The second-order valence-corrected chi connectivity index (χ2v) is 9.34. The van der Waals surface area contributed by atoms with Crippen molar-refractivity contribution in [2.24, 2.45) is 5.92 Å². The molecule has 1 aliphatic heterocycles. The van der Waals surface area contributed by atoms with Crippen LogP contribution in [0, 0.1) is 19.8 Å². The largest absolute Gasteiger partial charge is 0.493 e. The fourth-order valence-corrected chi connectivity index (χ4v) is 4.53. The van der Waals surface area contributed by atoms with Gasteiger partial charge in [0.1, 0.15) is 5.75 Å². The number of hydrogen-bond donors (Lipinski definition) is 1. The molecular formula is C29H31N3O3. The van der Waals surface area contributed by atoms with Gasteiger partial charge in [0.05, 0.1) is 13.2 Å². The van der Waals surface area contributed by atoms with E-state index in [1.54, 1.807) is 6.20 Å². The minimum absolute atomic E-state index is 0.00411. The highest BCUT2D eigenvalue weighted by molar-refractivity contribution is 5.99. The highest BCUT2D eigenvalue weighted by atomic mass is 16.5. The van der Waals surface area contributed by atoms with Gasteiger partial charge in [-0.2, -0.15) is 0 Å². The molecule has 0 bridgehead atoms. The first-order chi connectivity index (χ1) is 17.1. The standard InChI is InChI=1S/C29H31N3O3/c1-20-21(2)31-28-10-7-25(14-27(20)28)29(33)32(17-23-4-3-12-30-15-23)16-22-5-8-26(9-6-22)35-19-24-11-13-34-18-24/h3-10,12,14-15,24,31H,11,13,16-19H2,1-2H3. The van der Waals surface area contributed by atoms with Gasteiger partial charge in [-0.15, -0.1) is 0 Å². The average molecular weight is 470 g/mol. The van der Waals surface area contributed by atoms with Gasteiger partial charge in [0.15, 0.2) is 0 Å². The lowest BCUT2D eigenvalue weighted by atomic mass is 10.1. The van der Waals surface area contributed by atoms with Gasteiger partial charge in [0.2, 0.25) is 0 Å². The van der Waals surface area contributed by atoms with Crippen LogP contribution >= 0.6 is 0 Å². The minimum Gasteiger partial charge on any atom is -0.493 e. The number of aryl methyl sites for hydroxylation is 2. The summed E-state index contributed by atoms with van der Waals surface area (Å²) in [5.74, 6) is 1.30. The summed E-state index contributed by atoms with van der Waals surface area (Å²) < 4.78 is 11.4. The Bertz CT molecular complexity index is 1290. The van der Waals surface area contributed by atoms with Crippen molar-refractivity contribution in [3.63, 3.8) is 0 Å². The number of nitrogens with one attached hydrogen (secondary N) is 1. The molecule has 1 atom stereocenters. The van der Waals surface area contributed by atoms with Crippen LogP contribution in [0.15, 0.2) is 67.0 Å². The maximum absolute atomic E-state index is 13.7. The van der Waals surface area contributed by atoms with Crippen molar-refractivity contribution in [2.45, 2.75) is 33.4 Å². The molecule has 0 radical (unpaired) electrons. The second kappa shape index (κ2) is 10.3. The number of aromatic amines is 1. The molecule has 3 heterocycles. The molecule has 1 aliphatic rings. The third-order valence-corrected chi connectivity index (χ3v) is 6.75. The number of pyridine rings is 1. The molecule has 2 aromatic heterocycles. The predicted octanol–water partition coefficient (Wildman–Crippen LogP) is 5.44. The van der Waals surface area contributed by atoms with E-state index in [1.165, 1.54) is 5.56 Å². The molecule has 5 rings (SSSR count). The summed E-state index contributed by atoms with van der Waals surface area (Å²) in [4.78, 5) is 23.2. The van der Waals surface area contributed by atoms with Crippen LogP contribution in [-0.2, 0) is 17.8 Å². The van der Waals surface area contributed by atoms with Crippen LogP contribution in [0.25, 0.3) is 10.9 Å². The zero-order valence-electron chi connectivity index (χ0n) is 20.3. The van der Waals surface area contributed by atoms with Gasteiger partial charge in [0, 0.05) is 60.2 Å². The molecule has 0 saturated carbocycles. The Morgan fingerprint density at radius 3 is 2.69 bits per heavy atom. The van der Waals surface area contributed by atoms with E-state index in [-0.39, 0.29) is 5.91 Å². The Morgan fingerprint density at radius 1 is 1.11 bits per heavy atom. The lowest BCUT2D eigenvalue weighted by molar-refractivity contribution is 0.0730. The van der Waals surface area contributed by atoms with E-state index in [9.17, 15) is 4.79 Å². The van der Waals surface area contributed by atoms with Crippen LogP contribution < -0.4 is 4.74 Å². The molecule has 1 fully saturated rings. The zero-order valence-corrected chi connectivity index (χ0v) is 20.3. The Kier molecular flexibility index (Phi) is 6.82. The maximum atomic E-state index is 13.7. The number of nitrogens with zero attached hydrogens (tertiary/aromatic N) is 2. The normalized spacial score (nSPS) is 15.4. The monoisotopic (exact) mass is 469 g/mol. The van der Waals surface area contributed by atoms with Crippen LogP contribution in [-0.4, -0.2) is 40.6 Å². The zero-order chi connectivity index (χ0) is 24.2. The number of aromatic nitrogens is 2. The van der Waals surface area contributed by atoms with Crippen molar-refractivity contribution >= 4 is 16.8 Å². The average Bonchev–Trinajstić information content (AvgIpc) is 3.51. The number of amides is 1. The number of ether oxygens (including phenoxy) is 2. The summed E-state index contributed by atoms with van der Waals surface area (Å²) in [6.45, 7) is 7.38. The van der Waals surface area contributed by atoms with Crippen LogP contribution in [0.3, 0.4) is 0 Å². The Hall–Kier alpha value is -3.64. The lowest BCUT2D eigenvalue weighted by Crippen LogP contribution is -2.30. The number of hydrogen-bond acceptors (Lipinski definition) is 4. The number of rotatable bonds is 8.